The molecule has 3 aliphatic heterocycles. The van der Waals surface area contributed by atoms with Gasteiger partial charge in [-0.05, 0) is 36.2 Å². The number of amides is 4. The number of nitrogens with one attached hydrogen (secondary N) is 2. The van der Waals surface area contributed by atoms with Crippen LogP contribution in [-0.2, 0) is 16.1 Å². The number of carbonyl (C=O) groups excluding carboxylic acids is 4. The second-order valence-electron chi connectivity index (χ2n) is 7.69. The van der Waals surface area contributed by atoms with E-state index < -0.39 is 23.8 Å². The van der Waals surface area contributed by atoms with Crippen LogP contribution in [0.15, 0.2) is 42.5 Å². The lowest BCUT2D eigenvalue weighted by Crippen LogP contribution is -2.54. The predicted octanol–water partition coefficient (Wildman–Crippen LogP) is 1.52. The summed E-state index contributed by atoms with van der Waals surface area (Å²) in [6.45, 7) is 2.25. The van der Waals surface area contributed by atoms with Crippen LogP contribution < -0.4 is 15.5 Å². The van der Waals surface area contributed by atoms with Gasteiger partial charge < -0.3 is 10.2 Å². The van der Waals surface area contributed by atoms with Crippen molar-refractivity contribution < 1.29 is 19.2 Å². The summed E-state index contributed by atoms with van der Waals surface area (Å²) in [6.07, 6.45) is 0.262. The molecule has 0 aliphatic carbocycles. The standard InChI is InChI=1S/C22H20N4O4/c27-19-8-7-18(20(28)24-19)26-21(29)14-6-5-13(11-15(14)22(26)30)12-25-10-9-23-16-3-1-2-4-17(16)25/h1-6,11,18,23H,7-10,12H2,(H,24,27,28). The molecule has 1 fully saturated rings. The van der Waals surface area contributed by atoms with E-state index in [4.69, 9.17) is 0 Å². The molecule has 0 radical (unpaired) electrons. The highest BCUT2D eigenvalue weighted by molar-refractivity contribution is 6.23. The number of para-hydroxylation sites is 2. The molecule has 3 heterocycles. The number of benzene rings is 2. The van der Waals surface area contributed by atoms with Gasteiger partial charge in [-0.25, -0.2) is 0 Å². The van der Waals surface area contributed by atoms with Crippen LogP contribution in [0.25, 0.3) is 0 Å². The minimum Gasteiger partial charge on any atom is -0.382 e. The fourth-order valence-electron chi connectivity index (χ4n) is 4.35. The van der Waals surface area contributed by atoms with Gasteiger partial charge in [-0.1, -0.05) is 18.2 Å². The molecule has 0 aromatic heterocycles. The lowest BCUT2D eigenvalue weighted by atomic mass is 10.0. The van der Waals surface area contributed by atoms with Gasteiger partial charge in [0.1, 0.15) is 6.04 Å². The number of piperidine rings is 1. The molecule has 1 unspecified atom stereocenters. The summed E-state index contributed by atoms with van der Waals surface area (Å²) in [6, 6.07) is 12.4. The van der Waals surface area contributed by atoms with Gasteiger partial charge in [-0.3, -0.25) is 29.4 Å². The van der Waals surface area contributed by atoms with Gasteiger partial charge >= 0.3 is 0 Å². The van der Waals surface area contributed by atoms with Crippen molar-refractivity contribution in [1.82, 2.24) is 10.2 Å². The van der Waals surface area contributed by atoms with E-state index in [0.29, 0.717) is 17.7 Å². The molecule has 4 amide bonds. The average molecular weight is 404 g/mol. The number of carbonyl (C=O) groups is 4. The van der Waals surface area contributed by atoms with Gasteiger partial charge in [0.05, 0.1) is 22.5 Å². The van der Waals surface area contributed by atoms with Crippen molar-refractivity contribution >= 4 is 35.0 Å². The summed E-state index contributed by atoms with van der Waals surface area (Å²) in [5.41, 5.74) is 3.69. The molecule has 5 rings (SSSR count). The molecule has 30 heavy (non-hydrogen) atoms. The molecule has 2 N–H and O–H groups in total. The Bertz CT molecular complexity index is 1100. The number of hydrogen-bond donors (Lipinski definition) is 2. The van der Waals surface area contributed by atoms with Gasteiger partial charge in [0.2, 0.25) is 11.8 Å². The zero-order valence-electron chi connectivity index (χ0n) is 16.2. The minimum atomic E-state index is -0.946. The first-order valence-electron chi connectivity index (χ1n) is 9.95. The Morgan fingerprint density at radius 3 is 2.60 bits per heavy atom. The topological polar surface area (TPSA) is 98.8 Å². The third-order valence-corrected chi connectivity index (χ3v) is 5.82. The summed E-state index contributed by atoms with van der Waals surface area (Å²) in [5.74, 6) is -1.94. The summed E-state index contributed by atoms with van der Waals surface area (Å²) in [4.78, 5) is 52.6. The molecular weight excluding hydrogens is 384 g/mol. The number of anilines is 2. The first-order valence-corrected chi connectivity index (χ1v) is 9.95. The van der Waals surface area contributed by atoms with Gasteiger partial charge in [-0.2, -0.15) is 0 Å². The predicted molar refractivity (Wildman–Crippen MR) is 109 cm³/mol. The van der Waals surface area contributed by atoms with Gasteiger partial charge in [0, 0.05) is 26.1 Å². The molecule has 1 saturated heterocycles. The highest BCUT2D eigenvalue weighted by atomic mass is 16.2. The molecule has 2 aromatic rings. The van der Waals surface area contributed by atoms with Crippen LogP contribution in [0.4, 0.5) is 11.4 Å². The van der Waals surface area contributed by atoms with E-state index >= 15 is 0 Å². The molecule has 152 valence electrons. The van der Waals surface area contributed by atoms with Crippen molar-refractivity contribution in [3.63, 3.8) is 0 Å². The highest BCUT2D eigenvalue weighted by Gasteiger charge is 2.44. The molecule has 0 spiro atoms. The molecule has 0 bridgehead atoms. The minimum absolute atomic E-state index is 0.109. The molecule has 8 nitrogen and oxygen atoms in total. The van der Waals surface area contributed by atoms with Crippen molar-refractivity contribution in [1.29, 1.82) is 0 Å². The van der Waals surface area contributed by atoms with Crippen LogP contribution in [-0.4, -0.2) is 47.7 Å². The number of rotatable bonds is 3. The Balaban J connectivity index is 1.41. The smallest absolute Gasteiger partial charge is 0.262 e. The summed E-state index contributed by atoms with van der Waals surface area (Å²) in [7, 11) is 0. The van der Waals surface area contributed by atoms with Crippen LogP contribution in [0.3, 0.4) is 0 Å². The van der Waals surface area contributed by atoms with E-state index in [1.807, 2.05) is 30.3 Å². The van der Waals surface area contributed by atoms with E-state index in [1.165, 1.54) is 0 Å². The van der Waals surface area contributed by atoms with E-state index in [-0.39, 0.29) is 18.7 Å². The fraction of sp³-hybridized carbons (Fsp3) is 0.273. The normalized spacial score (nSPS) is 20.6. The van der Waals surface area contributed by atoms with Crippen LogP contribution in [0.5, 0.6) is 0 Å². The maximum atomic E-state index is 13.0. The molecular formula is C22H20N4O4. The van der Waals surface area contributed by atoms with Gasteiger partial charge in [0.15, 0.2) is 0 Å². The maximum absolute atomic E-state index is 13.0. The second-order valence-corrected chi connectivity index (χ2v) is 7.69. The average Bonchev–Trinajstić information content (AvgIpc) is 2.99. The van der Waals surface area contributed by atoms with E-state index in [9.17, 15) is 19.2 Å². The number of fused-ring (bicyclic) bond motifs is 2. The quantitative estimate of drug-likeness (QED) is 0.753. The fourth-order valence-corrected chi connectivity index (χ4v) is 4.35. The lowest BCUT2D eigenvalue weighted by Gasteiger charge is -2.32. The second kappa shape index (κ2) is 6.98. The maximum Gasteiger partial charge on any atom is 0.262 e. The molecule has 8 heteroatoms. The third-order valence-electron chi connectivity index (χ3n) is 5.82. The van der Waals surface area contributed by atoms with E-state index in [2.05, 4.69) is 15.5 Å². The van der Waals surface area contributed by atoms with Gasteiger partial charge in [-0.15, -0.1) is 0 Å². The van der Waals surface area contributed by atoms with Crippen LogP contribution >= 0.6 is 0 Å². The van der Waals surface area contributed by atoms with Crippen molar-refractivity contribution in [2.75, 3.05) is 23.3 Å². The summed E-state index contributed by atoms with van der Waals surface area (Å²) >= 11 is 0. The molecule has 1 atom stereocenters. The molecule has 2 aromatic carbocycles. The van der Waals surface area contributed by atoms with Crippen molar-refractivity contribution in [3.8, 4) is 0 Å². The van der Waals surface area contributed by atoms with E-state index in [1.54, 1.807) is 12.1 Å². The Kier molecular flexibility index (Phi) is 4.27. The van der Waals surface area contributed by atoms with Crippen molar-refractivity contribution in [2.45, 2.75) is 25.4 Å². The van der Waals surface area contributed by atoms with Gasteiger partial charge in [0.25, 0.3) is 11.8 Å². The first-order chi connectivity index (χ1) is 14.5. The van der Waals surface area contributed by atoms with Crippen molar-refractivity contribution in [3.05, 3.63) is 59.2 Å². The first kappa shape index (κ1) is 18.4. The van der Waals surface area contributed by atoms with Crippen LogP contribution in [0.1, 0.15) is 39.1 Å². The number of nitrogens with zero attached hydrogens (tertiary/aromatic N) is 2. The molecule has 3 aliphatic rings. The van der Waals surface area contributed by atoms with Crippen molar-refractivity contribution in [2.24, 2.45) is 0 Å². The summed E-state index contributed by atoms with van der Waals surface area (Å²) < 4.78 is 0. The highest BCUT2D eigenvalue weighted by Crippen LogP contribution is 2.32. The van der Waals surface area contributed by atoms with Crippen LogP contribution in [0, 0.1) is 0 Å². The third kappa shape index (κ3) is 2.92. The monoisotopic (exact) mass is 404 g/mol. The van der Waals surface area contributed by atoms with Crippen LogP contribution in [0.2, 0.25) is 0 Å². The zero-order chi connectivity index (χ0) is 20.8. The Labute approximate surface area is 172 Å². The number of imide groups is 2. The van der Waals surface area contributed by atoms with E-state index in [0.717, 1.165) is 34.9 Å². The SMILES string of the molecule is O=C1CCC(N2C(=O)c3ccc(CN4CCNc5ccccc54)cc3C2=O)C(=O)N1. The Morgan fingerprint density at radius 1 is 0.967 bits per heavy atom. The summed E-state index contributed by atoms with van der Waals surface area (Å²) in [5, 5.41) is 5.59. The number of hydrogen-bond acceptors (Lipinski definition) is 6. The lowest BCUT2D eigenvalue weighted by molar-refractivity contribution is -0.136. The zero-order valence-corrected chi connectivity index (χ0v) is 16.2. The largest absolute Gasteiger partial charge is 0.382 e. The Morgan fingerprint density at radius 2 is 1.77 bits per heavy atom. The Hall–Kier alpha value is -3.68. The molecule has 0 saturated carbocycles.